The number of hydrogen-bond donors (Lipinski definition) is 0. The molecule has 0 saturated carbocycles. The molecular weight excluding hydrogens is 557 g/mol. The second kappa shape index (κ2) is 8.84. The molecule has 1 unspecified atom stereocenters. The average Bonchev–Trinajstić information content (AvgIpc) is 3.48. The molecule has 1 aliphatic rings. The molecule has 0 aliphatic carbocycles. The molecule has 8 rings (SSSR count). The van der Waals surface area contributed by atoms with Gasteiger partial charge in [0.05, 0.1) is 0 Å². The van der Waals surface area contributed by atoms with Crippen LogP contribution in [0.2, 0.25) is 0 Å². The van der Waals surface area contributed by atoms with Gasteiger partial charge < -0.3 is 0 Å². The molecule has 0 saturated heterocycles. The predicted molar refractivity (Wildman–Crippen MR) is 160 cm³/mol. The number of pyridine rings is 2. The van der Waals surface area contributed by atoms with Gasteiger partial charge in [-0.3, -0.25) is 0 Å². The maximum absolute atomic E-state index is 14.9. The number of nitrogens with zero attached hydrogens (tertiary/aromatic N) is 3. The van der Waals surface area contributed by atoms with Crippen molar-refractivity contribution in [2.45, 2.75) is 0 Å². The Hall–Kier alpha value is -4.86. The van der Waals surface area contributed by atoms with E-state index >= 15 is 0 Å². The van der Waals surface area contributed by atoms with Crippen LogP contribution in [-0.4, -0.2) is 28.0 Å². The Bertz CT molecular complexity index is 2080. The summed E-state index contributed by atoms with van der Waals surface area (Å²) < 4.78 is 25.8. The van der Waals surface area contributed by atoms with Crippen LogP contribution in [0.4, 0.5) is 0 Å². The summed E-state index contributed by atoms with van der Waals surface area (Å²) in [6.45, 7) is 0. The van der Waals surface area contributed by atoms with Crippen LogP contribution in [0.3, 0.4) is 0 Å². The van der Waals surface area contributed by atoms with Crippen LogP contribution < -0.4 is 17.9 Å². The number of ether oxygens (including phenoxy) is 1. The summed E-state index contributed by atoms with van der Waals surface area (Å²) >= 11 is -3.97. The number of aromatic nitrogens is 3. The molecule has 6 heteroatoms. The van der Waals surface area contributed by atoms with Crippen LogP contribution in [0.1, 0.15) is 0 Å². The quantitative estimate of drug-likeness (QED) is 0.250. The van der Waals surface area contributed by atoms with E-state index in [0.717, 1.165) is 47.5 Å². The fourth-order valence-electron chi connectivity index (χ4n) is 5.84. The van der Waals surface area contributed by atoms with Crippen LogP contribution in [0.15, 0.2) is 134 Å². The van der Waals surface area contributed by atoms with E-state index in [-0.39, 0.29) is 0 Å². The van der Waals surface area contributed by atoms with Crippen molar-refractivity contribution in [1.29, 1.82) is 0 Å². The minimum atomic E-state index is -3.97. The zero-order chi connectivity index (χ0) is 26.7. The fraction of sp³-hybridized carbons (Fsp3) is 0. The number of rotatable bonds is 4. The van der Waals surface area contributed by atoms with Crippen LogP contribution in [-0.2, 0) is 3.74 Å². The number of para-hydroxylation sites is 1. The van der Waals surface area contributed by atoms with Crippen molar-refractivity contribution < 1.29 is 8.48 Å². The second-order valence-corrected chi connectivity index (χ2v) is 15.4. The first-order valence-electron chi connectivity index (χ1n) is 13.1. The molecule has 7 aromatic rings. The molecule has 0 spiro atoms. The first-order valence-corrected chi connectivity index (χ1v) is 16.7. The van der Waals surface area contributed by atoms with Gasteiger partial charge in [-0.05, 0) is 0 Å². The molecule has 0 N–H and O–H groups in total. The van der Waals surface area contributed by atoms with E-state index in [1.54, 1.807) is 6.20 Å². The molecule has 4 aromatic carbocycles. The van der Waals surface area contributed by atoms with Crippen LogP contribution in [0.25, 0.3) is 38.8 Å². The summed E-state index contributed by atoms with van der Waals surface area (Å²) in [5.41, 5.74) is 4.94. The Morgan fingerprint density at radius 3 is 2.30 bits per heavy atom. The molecule has 4 heterocycles. The number of benzene rings is 4. The average molecular weight is 579 g/mol. The number of fused-ring (bicyclic) bond motifs is 6. The first-order chi connectivity index (χ1) is 19.7. The monoisotopic (exact) mass is 579 g/mol. The summed E-state index contributed by atoms with van der Waals surface area (Å²) in [7, 11) is 0. The van der Waals surface area contributed by atoms with Gasteiger partial charge in [-0.2, -0.15) is 0 Å². The van der Waals surface area contributed by atoms with Crippen molar-refractivity contribution in [1.82, 2.24) is 14.5 Å². The Balaban J connectivity index is 1.23. The van der Waals surface area contributed by atoms with E-state index in [2.05, 4.69) is 39.9 Å². The fourth-order valence-corrected chi connectivity index (χ4v) is 12.0. The van der Waals surface area contributed by atoms with Gasteiger partial charge in [-0.25, -0.2) is 0 Å². The molecule has 1 atom stereocenters. The Morgan fingerprint density at radius 2 is 1.38 bits per heavy atom. The minimum absolute atomic E-state index is 0.640. The molecular formula is C34H22AsN3O2. The molecule has 40 heavy (non-hydrogen) atoms. The third-order valence-corrected chi connectivity index (χ3v) is 13.9. The van der Waals surface area contributed by atoms with E-state index in [0.29, 0.717) is 16.0 Å². The Morgan fingerprint density at radius 1 is 0.600 bits per heavy atom. The molecule has 190 valence electrons. The summed E-state index contributed by atoms with van der Waals surface area (Å²) in [5, 5.41) is 2.26. The predicted octanol–water partition coefficient (Wildman–Crippen LogP) is 5.74. The zero-order valence-corrected chi connectivity index (χ0v) is 23.2. The summed E-state index contributed by atoms with van der Waals surface area (Å²) in [6.07, 6.45) is 3.54. The third kappa shape index (κ3) is 3.35. The molecule has 0 bridgehead atoms. The van der Waals surface area contributed by atoms with Gasteiger partial charge in [0, 0.05) is 0 Å². The van der Waals surface area contributed by atoms with E-state index in [1.807, 2.05) is 97.2 Å². The second-order valence-electron chi connectivity index (χ2n) is 9.82. The van der Waals surface area contributed by atoms with Gasteiger partial charge >= 0.3 is 234 Å². The Labute approximate surface area is 233 Å². The van der Waals surface area contributed by atoms with Gasteiger partial charge in [0.2, 0.25) is 0 Å². The molecule has 3 aromatic heterocycles. The molecule has 0 fully saturated rings. The van der Waals surface area contributed by atoms with Crippen molar-refractivity contribution in [2.24, 2.45) is 0 Å². The van der Waals surface area contributed by atoms with Crippen molar-refractivity contribution >= 4 is 48.6 Å². The van der Waals surface area contributed by atoms with Crippen molar-refractivity contribution in [2.75, 3.05) is 0 Å². The molecule has 5 nitrogen and oxygen atoms in total. The van der Waals surface area contributed by atoms with E-state index in [9.17, 15) is 3.74 Å². The van der Waals surface area contributed by atoms with E-state index < -0.39 is 13.5 Å². The number of hydrogen-bond acceptors (Lipinski definition) is 4. The molecule has 1 aliphatic heterocycles. The van der Waals surface area contributed by atoms with Gasteiger partial charge in [0.25, 0.3) is 0 Å². The van der Waals surface area contributed by atoms with Gasteiger partial charge in [-0.15, -0.1) is 0 Å². The van der Waals surface area contributed by atoms with Gasteiger partial charge in [-0.1, -0.05) is 0 Å². The van der Waals surface area contributed by atoms with Gasteiger partial charge in [0.15, 0.2) is 0 Å². The summed E-state index contributed by atoms with van der Waals surface area (Å²) in [5.74, 6) is 1.33. The van der Waals surface area contributed by atoms with Crippen LogP contribution in [0.5, 0.6) is 11.5 Å². The SMILES string of the molecule is O=[As]1(c2ccccn2)c2ccccc2-c2ccc(Oc3cccc(-n4c5ccccc5c5cccnc54)c3)cc21. The van der Waals surface area contributed by atoms with Crippen LogP contribution >= 0.6 is 0 Å². The van der Waals surface area contributed by atoms with E-state index in [4.69, 9.17) is 9.72 Å². The standard InChI is InChI=1S/C34H22AsN3O2/c39-35(33-16-5-6-19-36-33)30-14-3-1-11-26(30)27-18-17-25(22-31(27)35)40-24-10-7-9-23(21-24)38-32-15-4-2-12-28(32)29-13-8-20-37-34(29)38/h1-22H. The van der Waals surface area contributed by atoms with E-state index in [1.165, 1.54) is 0 Å². The summed E-state index contributed by atoms with van der Waals surface area (Å²) in [4.78, 5) is 9.25. The molecule has 0 radical (unpaired) electrons. The van der Waals surface area contributed by atoms with Crippen molar-refractivity contribution in [3.63, 3.8) is 0 Å². The maximum atomic E-state index is 14.9. The normalized spacial score (nSPS) is 15.7. The molecule has 0 amide bonds. The third-order valence-electron chi connectivity index (χ3n) is 7.56. The first kappa shape index (κ1) is 23.1. The topological polar surface area (TPSA) is 57.0 Å². The van der Waals surface area contributed by atoms with Crippen molar-refractivity contribution in [3.8, 4) is 28.3 Å². The van der Waals surface area contributed by atoms with Crippen molar-refractivity contribution in [3.05, 3.63) is 134 Å². The Kier molecular flexibility index (Phi) is 5.09. The van der Waals surface area contributed by atoms with Gasteiger partial charge in [0.1, 0.15) is 0 Å². The zero-order valence-electron chi connectivity index (χ0n) is 21.3. The summed E-state index contributed by atoms with van der Waals surface area (Å²) in [6, 6.07) is 39.9. The van der Waals surface area contributed by atoms with Crippen LogP contribution in [0, 0.1) is 0 Å².